The number of rotatable bonds is 3. The van der Waals surface area contributed by atoms with Gasteiger partial charge in [0.05, 0.1) is 24.5 Å². The third-order valence-corrected chi connectivity index (χ3v) is 4.07. The topological polar surface area (TPSA) is 64.1 Å². The molecule has 0 bridgehead atoms. The number of nitrogens with zero attached hydrogens (tertiary/aromatic N) is 2. The van der Waals surface area contributed by atoms with E-state index in [2.05, 4.69) is 18.8 Å². The zero-order chi connectivity index (χ0) is 18.3. The summed E-state index contributed by atoms with van der Waals surface area (Å²) in [4.78, 5) is 12.3. The van der Waals surface area contributed by atoms with Gasteiger partial charge >= 0.3 is 0 Å². The zero-order valence-corrected chi connectivity index (χ0v) is 13.6. The summed E-state index contributed by atoms with van der Waals surface area (Å²) in [6, 6.07) is 3.26. The summed E-state index contributed by atoms with van der Waals surface area (Å²) in [5.41, 5.74) is 0.0402. The smallest absolute Gasteiger partial charge is 0.261 e. The van der Waals surface area contributed by atoms with Crippen LogP contribution >= 0.6 is 11.7 Å². The average molecular weight is 371 g/mol. The van der Waals surface area contributed by atoms with Gasteiger partial charge in [0.2, 0.25) is 11.6 Å². The Hall–Kier alpha value is -2.75. The fourth-order valence-electron chi connectivity index (χ4n) is 2.28. The standard InChI is InChI=1S/C15H9F4N3O2S/c1-5-3-4-6-13(22-25-21-6)12(5)20-15(23)7-8(16)10(18)14(24-2)11(19)9(7)17/h3-4H,1-2H3,(H,20,23). The number of ether oxygens (including phenoxy) is 1. The van der Waals surface area contributed by atoms with Gasteiger partial charge in [-0.1, -0.05) is 6.07 Å². The van der Waals surface area contributed by atoms with E-state index in [1.807, 2.05) is 0 Å². The minimum absolute atomic E-state index is 0.145. The summed E-state index contributed by atoms with van der Waals surface area (Å²) in [5.74, 6) is -9.90. The van der Waals surface area contributed by atoms with Crippen molar-refractivity contribution < 1.29 is 27.1 Å². The van der Waals surface area contributed by atoms with E-state index in [1.54, 1.807) is 19.1 Å². The number of fused-ring (bicyclic) bond motifs is 1. The van der Waals surface area contributed by atoms with Crippen molar-refractivity contribution in [3.63, 3.8) is 0 Å². The summed E-state index contributed by atoms with van der Waals surface area (Å²) in [5, 5.41) is 2.24. The first-order valence-corrected chi connectivity index (χ1v) is 7.53. The molecule has 3 rings (SSSR count). The Kier molecular flexibility index (Phi) is 4.29. The normalized spacial score (nSPS) is 11.0. The predicted octanol–water partition coefficient (Wildman–Crippen LogP) is 3.82. The minimum atomic E-state index is -1.85. The fraction of sp³-hybridized carbons (Fsp3) is 0.133. The third kappa shape index (κ3) is 2.68. The van der Waals surface area contributed by atoms with Crippen molar-refractivity contribution in [3.8, 4) is 5.75 Å². The molecular formula is C15H9F4N3O2S. The molecule has 0 aliphatic rings. The number of hydrogen-bond donors (Lipinski definition) is 1. The molecule has 0 fully saturated rings. The number of nitrogens with one attached hydrogen (secondary N) is 1. The number of aryl methyl sites for hydroxylation is 1. The van der Waals surface area contributed by atoms with E-state index in [9.17, 15) is 22.4 Å². The van der Waals surface area contributed by atoms with Crippen LogP contribution in [-0.4, -0.2) is 21.8 Å². The highest BCUT2D eigenvalue weighted by Gasteiger charge is 2.30. The Morgan fingerprint density at radius 2 is 1.72 bits per heavy atom. The Labute approximate surface area is 142 Å². The molecule has 0 saturated heterocycles. The quantitative estimate of drug-likeness (QED) is 0.562. The molecule has 25 heavy (non-hydrogen) atoms. The average Bonchev–Trinajstić information content (AvgIpc) is 3.05. The van der Waals surface area contributed by atoms with Gasteiger partial charge in [0.15, 0.2) is 17.4 Å². The Morgan fingerprint density at radius 3 is 2.32 bits per heavy atom. The van der Waals surface area contributed by atoms with Gasteiger partial charge in [0, 0.05) is 0 Å². The van der Waals surface area contributed by atoms with Crippen molar-refractivity contribution in [2.45, 2.75) is 6.92 Å². The van der Waals surface area contributed by atoms with Gasteiger partial charge in [0.25, 0.3) is 5.91 Å². The lowest BCUT2D eigenvalue weighted by Gasteiger charge is -2.12. The molecule has 5 nitrogen and oxygen atoms in total. The molecule has 130 valence electrons. The molecule has 0 aliphatic carbocycles. The second kappa shape index (κ2) is 6.28. The maximum Gasteiger partial charge on any atom is 0.261 e. The maximum absolute atomic E-state index is 14.0. The van der Waals surface area contributed by atoms with Crippen LogP contribution in [0.2, 0.25) is 0 Å². The van der Waals surface area contributed by atoms with Crippen LogP contribution in [0.15, 0.2) is 12.1 Å². The second-order valence-electron chi connectivity index (χ2n) is 5.01. The van der Waals surface area contributed by atoms with E-state index in [1.165, 1.54) is 0 Å². The molecule has 1 heterocycles. The molecule has 1 N–H and O–H groups in total. The fourth-order valence-corrected chi connectivity index (χ4v) is 2.82. The predicted molar refractivity (Wildman–Crippen MR) is 82.9 cm³/mol. The molecule has 2 aromatic carbocycles. The van der Waals surface area contributed by atoms with Gasteiger partial charge in [-0.05, 0) is 18.6 Å². The largest absolute Gasteiger partial charge is 0.491 e. The Bertz CT molecular complexity index is 977. The first kappa shape index (κ1) is 17.1. The van der Waals surface area contributed by atoms with E-state index < -0.39 is 40.5 Å². The van der Waals surface area contributed by atoms with Gasteiger partial charge in [-0.15, -0.1) is 0 Å². The molecule has 10 heteroatoms. The summed E-state index contributed by atoms with van der Waals surface area (Å²) in [6.07, 6.45) is 0. The number of aromatic nitrogens is 2. The number of methoxy groups -OCH3 is 1. The molecule has 3 aromatic rings. The number of halogens is 4. The Balaban J connectivity index is 2.11. The number of amides is 1. The van der Waals surface area contributed by atoms with E-state index in [0.29, 0.717) is 16.6 Å². The van der Waals surface area contributed by atoms with Crippen LogP contribution in [0.3, 0.4) is 0 Å². The molecule has 0 atom stereocenters. The number of carbonyl (C=O) groups excluding carboxylic acids is 1. The lowest BCUT2D eigenvalue weighted by molar-refractivity contribution is 0.101. The first-order chi connectivity index (χ1) is 11.9. The van der Waals surface area contributed by atoms with Crippen LogP contribution in [0.4, 0.5) is 23.2 Å². The molecule has 0 saturated carbocycles. The van der Waals surface area contributed by atoms with Crippen LogP contribution in [-0.2, 0) is 0 Å². The molecule has 0 spiro atoms. The number of hydrogen-bond acceptors (Lipinski definition) is 5. The Morgan fingerprint density at radius 1 is 1.08 bits per heavy atom. The van der Waals surface area contributed by atoms with E-state index >= 15 is 0 Å². The van der Waals surface area contributed by atoms with E-state index in [-0.39, 0.29) is 5.69 Å². The molecule has 1 amide bonds. The van der Waals surface area contributed by atoms with Crippen LogP contribution < -0.4 is 10.1 Å². The highest BCUT2D eigenvalue weighted by molar-refractivity contribution is 7.00. The van der Waals surface area contributed by atoms with Crippen LogP contribution in [0.25, 0.3) is 11.0 Å². The van der Waals surface area contributed by atoms with Crippen molar-refractivity contribution >= 4 is 34.4 Å². The zero-order valence-electron chi connectivity index (χ0n) is 12.8. The monoisotopic (exact) mass is 371 g/mol. The maximum atomic E-state index is 14.0. The summed E-state index contributed by atoms with van der Waals surface area (Å²) in [6.45, 7) is 1.62. The molecule has 0 unspecified atom stereocenters. The number of benzene rings is 2. The minimum Gasteiger partial charge on any atom is -0.491 e. The molecule has 0 radical (unpaired) electrons. The van der Waals surface area contributed by atoms with E-state index in [0.717, 1.165) is 18.8 Å². The highest BCUT2D eigenvalue weighted by Crippen LogP contribution is 2.31. The van der Waals surface area contributed by atoms with Crippen molar-refractivity contribution in [2.75, 3.05) is 12.4 Å². The lowest BCUT2D eigenvalue weighted by atomic mass is 10.1. The van der Waals surface area contributed by atoms with Gasteiger partial charge in [-0.3, -0.25) is 4.79 Å². The lowest BCUT2D eigenvalue weighted by Crippen LogP contribution is -2.19. The van der Waals surface area contributed by atoms with Gasteiger partial charge in [-0.2, -0.15) is 17.5 Å². The van der Waals surface area contributed by atoms with Crippen LogP contribution in [0.1, 0.15) is 15.9 Å². The van der Waals surface area contributed by atoms with Crippen molar-refractivity contribution in [3.05, 3.63) is 46.5 Å². The first-order valence-electron chi connectivity index (χ1n) is 6.80. The van der Waals surface area contributed by atoms with Crippen molar-refractivity contribution in [2.24, 2.45) is 0 Å². The van der Waals surface area contributed by atoms with Crippen molar-refractivity contribution in [1.82, 2.24) is 8.75 Å². The number of anilines is 1. The van der Waals surface area contributed by atoms with Crippen molar-refractivity contribution in [1.29, 1.82) is 0 Å². The summed E-state index contributed by atoms with van der Waals surface area (Å²) in [7, 11) is 0.847. The van der Waals surface area contributed by atoms with Gasteiger partial charge < -0.3 is 10.1 Å². The third-order valence-electron chi connectivity index (χ3n) is 3.53. The molecule has 1 aromatic heterocycles. The second-order valence-corrected chi connectivity index (χ2v) is 5.54. The number of carbonyl (C=O) groups is 1. The SMILES string of the molecule is COc1c(F)c(F)c(C(=O)Nc2c(C)ccc3nsnc23)c(F)c1F. The van der Waals surface area contributed by atoms with Crippen LogP contribution in [0, 0.1) is 30.2 Å². The molecule has 0 aliphatic heterocycles. The summed E-state index contributed by atoms with van der Waals surface area (Å²) < 4.78 is 67.9. The van der Waals surface area contributed by atoms with E-state index in [4.69, 9.17) is 0 Å². The van der Waals surface area contributed by atoms with Gasteiger partial charge in [-0.25, -0.2) is 8.78 Å². The molecular weight excluding hydrogens is 362 g/mol. The van der Waals surface area contributed by atoms with Crippen LogP contribution in [0.5, 0.6) is 5.75 Å². The van der Waals surface area contributed by atoms with Gasteiger partial charge in [0.1, 0.15) is 16.6 Å². The highest BCUT2D eigenvalue weighted by atomic mass is 32.1. The summed E-state index contributed by atoms with van der Waals surface area (Å²) >= 11 is 0.879.